The van der Waals surface area contributed by atoms with E-state index in [9.17, 15) is 9.90 Å². The predicted molar refractivity (Wildman–Crippen MR) is 73.8 cm³/mol. The zero-order valence-electron chi connectivity index (χ0n) is 11.1. The molecule has 1 N–H and O–H groups in total. The molecular formula is C14H18ClNO3. The van der Waals surface area contributed by atoms with Crippen LogP contribution in [0.1, 0.15) is 22.8 Å². The van der Waals surface area contributed by atoms with Crippen molar-refractivity contribution < 1.29 is 14.6 Å². The fourth-order valence-corrected chi connectivity index (χ4v) is 2.29. The van der Waals surface area contributed by atoms with E-state index in [0.29, 0.717) is 24.6 Å². The van der Waals surface area contributed by atoms with E-state index in [4.69, 9.17) is 16.3 Å². The van der Waals surface area contributed by atoms with Gasteiger partial charge in [-0.05, 0) is 31.5 Å². The van der Waals surface area contributed by atoms with Gasteiger partial charge in [-0.25, -0.2) is 0 Å². The molecule has 2 unspecified atom stereocenters. The minimum Gasteiger partial charge on any atom is -0.508 e. The van der Waals surface area contributed by atoms with Gasteiger partial charge in [-0.1, -0.05) is 6.07 Å². The van der Waals surface area contributed by atoms with Crippen LogP contribution in [0, 0.1) is 6.92 Å². The number of aryl methyl sites for hydroxylation is 1. The second-order valence-electron chi connectivity index (χ2n) is 4.92. The predicted octanol–water partition coefficient (Wildman–Crippen LogP) is 2.17. The average Bonchev–Trinajstić information content (AvgIpc) is 2.41. The Morgan fingerprint density at radius 2 is 2.32 bits per heavy atom. The quantitative estimate of drug-likeness (QED) is 0.846. The molecule has 2 rings (SSSR count). The monoisotopic (exact) mass is 283 g/mol. The summed E-state index contributed by atoms with van der Waals surface area (Å²) in [5.41, 5.74) is 1.25. The normalized spacial score (nSPS) is 23.4. The van der Waals surface area contributed by atoms with Gasteiger partial charge in [0.15, 0.2) is 0 Å². The number of benzene rings is 1. The van der Waals surface area contributed by atoms with E-state index >= 15 is 0 Å². The summed E-state index contributed by atoms with van der Waals surface area (Å²) in [7, 11) is 0. The zero-order valence-corrected chi connectivity index (χ0v) is 11.9. The Bertz CT molecular complexity index is 478. The Balaban J connectivity index is 2.19. The molecular weight excluding hydrogens is 266 g/mol. The van der Waals surface area contributed by atoms with Crippen LogP contribution >= 0.6 is 11.6 Å². The Kier molecular flexibility index (Phi) is 4.32. The van der Waals surface area contributed by atoms with E-state index in [1.54, 1.807) is 24.0 Å². The maximum Gasteiger partial charge on any atom is 0.254 e. The highest BCUT2D eigenvalue weighted by Gasteiger charge is 2.29. The lowest BCUT2D eigenvalue weighted by Crippen LogP contribution is -2.51. The van der Waals surface area contributed by atoms with Crippen molar-refractivity contribution in [1.29, 1.82) is 0 Å². The maximum atomic E-state index is 12.5. The molecule has 1 aromatic rings. The van der Waals surface area contributed by atoms with Crippen molar-refractivity contribution in [1.82, 2.24) is 4.90 Å². The largest absolute Gasteiger partial charge is 0.508 e. The van der Waals surface area contributed by atoms with Crippen LogP contribution < -0.4 is 0 Å². The number of amides is 1. The summed E-state index contributed by atoms with van der Waals surface area (Å²) in [6.45, 7) is 4.71. The van der Waals surface area contributed by atoms with Crippen LogP contribution in [0.15, 0.2) is 18.2 Å². The number of nitrogens with zero attached hydrogens (tertiary/aromatic N) is 1. The number of hydrogen-bond acceptors (Lipinski definition) is 3. The molecule has 19 heavy (non-hydrogen) atoms. The smallest absolute Gasteiger partial charge is 0.254 e. The summed E-state index contributed by atoms with van der Waals surface area (Å²) in [5, 5.41) is 9.69. The number of carbonyl (C=O) groups excluding carboxylic acids is 1. The molecule has 104 valence electrons. The van der Waals surface area contributed by atoms with Crippen LogP contribution in [0.25, 0.3) is 0 Å². The van der Waals surface area contributed by atoms with Crippen LogP contribution in [0.3, 0.4) is 0 Å². The third-order valence-corrected chi connectivity index (χ3v) is 3.74. The number of alkyl halides is 1. The summed E-state index contributed by atoms with van der Waals surface area (Å²) in [6, 6.07) is 4.99. The standard InChI is InChI=1S/C14H18ClNO3/c1-9-3-4-11(5-13(9)17)14(18)16-7-12(6-15)19-8-10(16)2/h3-5,10,12,17H,6-8H2,1-2H3. The van der Waals surface area contributed by atoms with Crippen molar-refractivity contribution >= 4 is 17.5 Å². The fraction of sp³-hybridized carbons (Fsp3) is 0.500. The van der Waals surface area contributed by atoms with Crippen LogP contribution in [0.2, 0.25) is 0 Å². The lowest BCUT2D eigenvalue weighted by Gasteiger charge is -2.37. The summed E-state index contributed by atoms with van der Waals surface area (Å²) >= 11 is 5.79. The lowest BCUT2D eigenvalue weighted by atomic mass is 10.1. The van der Waals surface area contributed by atoms with Gasteiger partial charge < -0.3 is 14.7 Å². The second kappa shape index (κ2) is 5.80. The van der Waals surface area contributed by atoms with Crippen molar-refractivity contribution in [2.75, 3.05) is 19.0 Å². The first-order valence-electron chi connectivity index (χ1n) is 6.31. The van der Waals surface area contributed by atoms with Gasteiger partial charge in [0.2, 0.25) is 0 Å². The first-order valence-corrected chi connectivity index (χ1v) is 6.84. The summed E-state index contributed by atoms with van der Waals surface area (Å²) in [6.07, 6.45) is -0.124. The molecule has 0 spiro atoms. The number of morpholine rings is 1. The van der Waals surface area contributed by atoms with E-state index in [0.717, 1.165) is 5.56 Å². The molecule has 1 aliphatic rings. The number of ether oxygens (including phenoxy) is 1. The van der Waals surface area contributed by atoms with Crippen LogP contribution in [-0.4, -0.2) is 47.1 Å². The summed E-state index contributed by atoms with van der Waals surface area (Å²) < 4.78 is 5.52. The molecule has 1 aliphatic heterocycles. The van der Waals surface area contributed by atoms with Crippen molar-refractivity contribution in [3.8, 4) is 5.75 Å². The highest BCUT2D eigenvalue weighted by atomic mass is 35.5. The van der Waals surface area contributed by atoms with Crippen LogP contribution in [-0.2, 0) is 4.74 Å². The molecule has 5 heteroatoms. The highest BCUT2D eigenvalue weighted by molar-refractivity contribution is 6.18. The Hall–Kier alpha value is -1.26. The number of rotatable bonds is 2. The Morgan fingerprint density at radius 3 is 2.95 bits per heavy atom. The molecule has 1 aromatic carbocycles. The molecule has 4 nitrogen and oxygen atoms in total. The zero-order chi connectivity index (χ0) is 14.0. The molecule has 1 heterocycles. The van der Waals surface area contributed by atoms with Gasteiger partial charge in [0.05, 0.1) is 24.6 Å². The molecule has 1 amide bonds. The van der Waals surface area contributed by atoms with Gasteiger partial charge in [-0.2, -0.15) is 0 Å². The van der Waals surface area contributed by atoms with E-state index in [-0.39, 0.29) is 23.8 Å². The van der Waals surface area contributed by atoms with Crippen molar-refractivity contribution in [2.24, 2.45) is 0 Å². The first-order chi connectivity index (χ1) is 9.02. The highest BCUT2D eigenvalue weighted by Crippen LogP contribution is 2.21. The first kappa shape index (κ1) is 14.2. The Morgan fingerprint density at radius 1 is 1.58 bits per heavy atom. The van der Waals surface area contributed by atoms with Crippen LogP contribution in [0.4, 0.5) is 0 Å². The van der Waals surface area contributed by atoms with E-state index < -0.39 is 0 Å². The summed E-state index contributed by atoms with van der Waals surface area (Å²) in [4.78, 5) is 14.2. The molecule has 2 atom stereocenters. The number of phenols is 1. The van der Waals surface area contributed by atoms with Gasteiger partial charge in [0.25, 0.3) is 5.91 Å². The van der Waals surface area contributed by atoms with Crippen LogP contribution in [0.5, 0.6) is 5.75 Å². The van der Waals surface area contributed by atoms with Gasteiger partial charge in [0, 0.05) is 12.1 Å². The second-order valence-corrected chi connectivity index (χ2v) is 5.23. The van der Waals surface area contributed by atoms with Crippen molar-refractivity contribution in [3.05, 3.63) is 29.3 Å². The SMILES string of the molecule is Cc1ccc(C(=O)N2CC(CCl)OCC2C)cc1O. The minimum absolute atomic E-state index is 0.00964. The maximum absolute atomic E-state index is 12.5. The topological polar surface area (TPSA) is 49.8 Å². The van der Waals surface area contributed by atoms with E-state index in [1.165, 1.54) is 6.07 Å². The minimum atomic E-state index is -0.124. The molecule has 0 radical (unpaired) electrons. The van der Waals surface area contributed by atoms with Gasteiger partial charge in [-0.15, -0.1) is 11.6 Å². The van der Waals surface area contributed by atoms with E-state index in [1.807, 2.05) is 6.92 Å². The number of aromatic hydroxyl groups is 1. The fourth-order valence-electron chi connectivity index (χ4n) is 2.10. The molecule has 0 bridgehead atoms. The van der Waals surface area contributed by atoms with Crippen molar-refractivity contribution in [3.63, 3.8) is 0 Å². The molecule has 0 saturated carbocycles. The third-order valence-electron chi connectivity index (χ3n) is 3.39. The molecule has 0 aromatic heterocycles. The molecule has 0 aliphatic carbocycles. The van der Waals surface area contributed by atoms with E-state index in [2.05, 4.69) is 0 Å². The number of carbonyl (C=O) groups is 1. The van der Waals surface area contributed by atoms with Crippen molar-refractivity contribution in [2.45, 2.75) is 26.0 Å². The third kappa shape index (κ3) is 3.01. The average molecular weight is 284 g/mol. The number of halogens is 1. The lowest BCUT2D eigenvalue weighted by molar-refractivity contribution is -0.0371. The number of phenolic OH excluding ortho intramolecular Hbond substituents is 1. The van der Waals surface area contributed by atoms with Gasteiger partial charge >= 0.3 is 0 Å². The Labute approximate surface area is 117 Å². The molecule has 1 fully saturated rings. The summed E-state index contributed by atoms with van der Waals surface area (Å²) in [5.74, 6) is 0.414. The van der Waals surface area contributed by atoms with Gasteiger partial charge in [-0.3, -0.25) is 4.79 Å². The number of hydrogen-bond donors (Lipinski definition) is 1. The molecule has 1 saturated heterocycles. The van der Waals surface area contributed by atoms with Gasteiger partial charge in [0.1, 0.15) is 5.75 Å².